The number of hydrogen-bond donors (Lipinski definition) is 1. The Morgan fingerprint density at radius 3 is 3.06 bits per heavy atom. The zero-order chi connectivity index (χ0) is 11.1. The summed E-state index contributed by atoms with van der Waals surface area (Å²) in [4.78, 5) is 5.63. The topological polar surface area (TPSA) is 33.1 Å². The number of aromatic amines is 1. The van der Waals surface area contributed by atoms with Gasteiger partial charge in [-0.2, -0.15) is 0 Å². The monoisotopic (exact) mass is 247 g/mol. The zero-order valence-electron chi connectivity index (χ0n) is 8.60. The number of H-pyrrole nitrogens is 1. The second kappa shape index (κ2) is 3.54. The molecule has 1 N–H and O–H groups in total. The van der Waals surface area contributed by atoms with Gasteiger partial charge in [0.15, 0.2) is 5.65 Å². The summed E-state index contributed by atoms with van der Waals surface area (Å²) in [5.41, 5.74) is 2.87. The average molecular weight is 247 g/mol. The average Bonchev–Trinajstić information content (AvgIpc) is 2.82. The third kappa shape index (κ3) is 1.48. The van der Waals surface area contributed by atoms with Gasteiger partial charge in [0.05, 0.1) is 10.6 Å². The molecule has 80 valence electrons. The van der Waals surface area contributed by atoms with E-state index in [-0.39, 0.29) is 0 Å². The third-order valence-corrected chi connectivity index (χ3v) is 3.57. The zero-order valence-corrected chi connectivity index (χ0v) is 10.2. The Balaban J connectivity index is 2.31. The van der Waals surface area contributed by atoms with E-state index in [1.54, 1.807) is 11.3 Å². The van der Waals surface area contributed by atoms with E-state index in [0.29, 0.717) is 0 Å². The van der Waals surface area contributed by atoms with Gasteiger partial charge in [-0.1, -0.05) is 18.3 Å². The molecule has 3 aromatic heterocycles. The minimum Gasteiger partial charge on any atom is -0.290 e. The van der Waals surface area contributed by atoms with Crippen LogP contribution in [-0.2, 0) is 0 Å². The van der Waals surface area contributed by atoms with Crippen LogP contribution in [0.3, 0.4) is 0 Å². The van der Waals surface area contributed by atoms with E-state index < -0.39 is 0 Å². The SMILES string of the molecule is Cc1cc(=S)n2[nH]c(-c3cccs3)cc2n1. The first-order valence-electron chi connectivity index (χ1n) is 4.87. The summed E-state index contributed by atoms with van der Waals surface area (Å²) in [5.74, 6) is 0. The summed E-state index contributed by atoms with van der Waals surface area (Å²) < 4.78 is 2.59. The van der Waals surface area contributed by atoms with Crippen molar-refractivity contribution in [2.75, 3.05) is 0 Å². The van der Waals surface area contributed by atoms with Crippen LogP contribution in [0.15, 0.2) is 29.6 Å². The fourth-order valence-corrected chi connectivity index (χ4v) is 2.67. The number of hydrogen-bond acceptors (Lipinski definition) is 3. The lowest BCUT2D eigenvalue weighted by Crippen LogP contribution is -1.93. The van der Waals surface area contributed by atoms with Crippen molar-refractivity contribution in [2.24, 2.45) is 0 Å². The molecule has 0 unspecified atom stereocenters. The van der Waals surface area contributed by atoms with Gasteiger partial charge in [0.2, 0.25) is 0 Å². The van der Waals surface area contributed by atoms with Gasteiger partial charge < -0.3 is 0 Å². The number of nitrogens with one attached hydrogen (secondary N) is 1. The third-order valence-electron chi connectivity index (χ3n) is 2.37. The molecular weight excluding hydrogens is 238 g/mol. The van der Waals surface area contributed by atoms with Gasteiger partial charge in [-0.25, -0.2) is 9.50 Å². The standard InChI is InChI=1S/C11H9N3S2/c1-7-5-11(15)14-10(12-7)6-8(13-14)9-3-2-4-16-9/h2-6,13H,1H3. The highest BCUT2D eigenvalue weighted by Gasteiger charge is 2.05. The van der Waals surface area contributed by atoms with Gasteiger partial charge in [0.25, 0.3) is 0 Å². The second-order valence-corrected chi connectivity index (χ2v) is 4.94. The Labute approximate surface area is 101 Å². The predicted molar refractivity (Wildman–Crippen MR) is 68.4 cm³/mol. The van der Waals surface area contributed by atoms with E-state index in [9.17, 15) is 0 Å². The Bertz CT molecular complexity index is 692. The van der Waals surface area contributed by atoms with Crippen molar-refractivity contribution in [3.63, 3.8) is 0 Å². The first-order valence-corrected chi connectivity index (χ1v) is 6.16. The van der Waals surface area contributed by atoms with Crippen LogP contribution in [0.25, 0.3) is 16.2 Å². The molecular formula is C11H9N3S2. The number of thiophene rings is 1. The molecule has 0 aliphatic heterocycles. The summed E-state index contributed by atoms with van der Waals surface area (Å²) in [7, 11) is 0. The smallest absolute Gasteiger partial charge is 0.155 e. The van der Waals surface area contributed by atoms with Gasteiger partial charge in [0, 0.05) is 11.8 Å². The molecule has 3 rings (SSSR count). The normalized spacial score (nSPS) is 11.1. The van der Waals surface area contributed by atoms with Gasteiger partial charge >= 0.3 is 0 Å². The lowest BCUT2D eigenvalue weighted by atomic mass is 10.3. The largest absolute Gasteiger partial charge is 0.290 e. The molecule has 5 heteroatoms. The highest BCUT2D eigenvalue weighted by atomic mass is 32.1. The molecule has 3 aromatic rings. The van der Waals surface area contributed by atoms with Crippen molar-refractivity contribution >= 4 is 29.2 Å². The first kappa shape index (κ1) is 9.74. The predicted octanol–water partition coefficient (Wildman–Crippen LogP) is 3.43. The summed E-state index contributed by atoms with van der Waals surface area (Å²) >= 11 is 6.97. The molecule has 3 nitrogen and oxygen atoms in total. The van der Waals surface area contributed by atoms with Crippen LogP contribution in [-0.4, -0.2) is 14.6 Å². The van der Waals surface area contributed by atoms with E-state index in [1.807, 2.05) is 29.6 Å². The molecule has 0 saturated carbocycles. The van der Waals surface area contributed by atoms with Crippen LogP contribution in [0.5, 0.6) is 0 Å². The van der Waals surface area contributed by atoms with Crippen LogP contribution in [0.4, 0.5) is 0 Å². The minimum atomic E-state index is 0.755. The van der Waals surface area contributed by atoms with Gasteiger partial charge in [-0.3, -0.25) is 5.10 Å². The number of fused-ring (bicyclic) bond motifs is 1. The maximum atomic E-state index is 5.28. The van der Waals surface area contributed by atoms with Crippen molar-refractivity contribution in [2.45, 2.75) is 6.92 Å². The maximum absolute atomic E-state index is 5.28. The van der Waals surface area contributed by atoms with Crippen molar-refractivity contribution in [3.8, 4) is 10.6 Å². The molecule has 16 heavy (non-hydrogen) atoms. The van der Waals surface area contributed by atoms with Crippen LogP contribution in [0, 0.1) is 11.6 Å². The molecule has 0 radical (unpaired) electrons. The number of nitrogens with zero attached hydrogens (tertiary/aromatic N) is 2. The van der Waals surface area contributed by atoms with Gasteiger partial charge in [-0.15, -0.1) is 11.3 Å². The molecule has 0 aliphatic rings. The molecule has 0 fully saturated rings. The maximum Gasteiger partial charge on any atom is 0.155 e. The van der Waals surface area contributed by atoms with E-state index in [4.69, 9.17) is 12.2 Å². The van der Waals surface area contributed by atoms with Crippen LogP contribution in [0.1, 0.15) is 5.69 Å². The number of aromatic nitrogens is 3. The molecule has 0 amide bonds. The highest BCUT2D eigenvalue weighted by Crippen LogP contribution is 2.24. The van der Waals surface area contributed by atoms with Crippen molar-refractivity contribution in [3.05, 3.63) is 40.0 Å². The molecule has 3 heterocycles. The van der Waals surface area contributed by atoms with Crippen LogP contribution < -0.4 is 0 Å². The highest BCUT2D eigenvalue weighted by molar-refractivity contribution is 7.71. The Morgan fingerprint density at radius 2 is 2.31 bits per heavy atom. The fraction of sp³-hybridized carbons (Fsp3) is 0.0909. The Morgan fingerprint density at radius 1 is 1.44 bits per heavy atom. The van der Waals surface area contributed by atoms with Crippen molar-refractivity contribution in [1.29, 1.82) is 0 Å². The summed E-state index contributed by atoms with van der Waals surface area (Å²) in [6.07, 6.45) is 0. The Kier molecular flexibility index (Phi) is 2.15. The quantitative estimate of drug-likeness (QED) is 0.668. The van der Waals surface area contributed by atoms with E-state index >= 15 is 0 Å². The minimum absolute atomic E-state index is 0.755. The van der Waals surface area contributed by atoms with Crippen LogP contribution in [0.2, 0.25) is 0 Å². The molecule has 0 spiro atoms. The summed E-state index contributed by atoms with van der Waals surface area (Å²) in [5, 5.41) is 5.31. The Hall–Kier alpha value is -1.46. The fourth-order valence-electron chi connectivity index (χ4n) is 1.67. The van der Waals surface area contributed by atoms with Crippen LogP contribution >= 0.6 is 23.6 Å². The van der Waals surface area contributed by atoms with E-state index in [1.165, 1.54) is 4.88 Å². The van der Waals surface area contributed by atoms with E-state index in [2.05, 4.69) is 21.5 Å². The molecule has 0 saturated heterocycles. The second-order valence-electron chi connectivity index (χ2n) is 3.58. The summed E-state index contributed by atoms with van der Waals surface area (Å²) in [6, 6.07) is 8.01. The molecule has 0 atom stereocenters. The van der Waals surface area contributed by atoms with E-state index in [0.717, 1.165) is 21.7 Å². The van der Waals surface area contributed by atoms with Crippen molar-refractivity contribution < 1.29 is 0 Å². The van der Waals surface area contributed by atoms with Gasteiger partial charge in [0.1, 0.15) is 4.64 Å². The van der Waals surface area contributed by atoms with Gasteiger partial charge in [-0.05, 0) is 24.4 Å². The first-order chi connectivity index (χ1) is 7.74. The number of aryl methyl sites for hydroxylation is 1. The molecule has 0 aromatic carbocycles. The lowest BCUT2D eigenvalue weighted by molar-refractivity contribution is 0.919. The van der Waals surface area contributed by atoms with Crippen molar-refractivity contribution in [1.82, 2.24) is 14.6 Å². The lowest BCUT2D eigenvalue weighted by Gasteiger charge is -1.94. The molecule has 0 bridgehead atoms. The molecule has 0 aliphatic carbocycles. The summed E-state index contributed by atoms with van der Waals surface area (Å²) in [6.45, 7) is 1.95. The number of rotatable bonds is 1.